The highest BCUT2D eigenvalue weighted by molar-refractivity contribution is 5.92. The van der Waals surface area contributed by atoms with Crippen molar-refractivity contribution in [2.24, 2.45) is 0 Å². The van der Waals surface area contributed by atoms with Crippen LogP contribution in [0.15, 0.2) is 77.4 Å². The van der Waals surface area contributed by atoms with Crippen LogP contribution in [-0.2, 0) is 11.3 Å². The number of rotatable bonds is 7. The van der Waals surface area contributed by atoms with Crippen LogP contribution < -0.4 is 20.7 Å². The lowest BCUT2D eigenvalue weighted by molar-refractivity contribution is -0.120. The van der Waals surface area contributed by atoms with Crippen LogP contribution in [-0.4, -0.2) is 18.5 Å². The summed E-state index contributed by atoms with van der Waals surface area (Å²) >= 11 is 0. The molecule has 0 unspecified atom stereocenters. The third kappa shape index (κ3) is 5.93. The summed E-state index contributed by atoms with van der Waals surface area (Å²) in [5.41, 5.74) is 0.587. The van der Waals surface area contributed by atoms with Gasteiger partial charge in [0.2, 0.25) is 5.91 Å². The zero-order valence-corrected chi connectivity index (χ0v) is 14.5. The molecule has 7 heteroatoms. The maximum Gasteiger partial charge on any atom is 0.319 e. The van der Waals surface area contributed by atoms with E-state index in [0.29, 0.717) is 17.2 Å². The number of urea groups is 1. The number of hydrogen-bond acceptors (Lipinski definition) is 4. The molecule has 0 aliphatic carbocycles. The molecule has 0 atom stereocenters. The highest BCUT2D eigenvalue weighted by Gasteiger charge is 2.06. The molecule has 3 amide bonds. The summed E-state index contributed by atoms with van der Waals surface area (Å²) in [5.74, 6) is 1.72. The molecule has 0 aliphatic rings. The van der Waals surface area contributed by atoms with Gasteiger partial charge in [-0.25, -0.2) is 4.79 Å². The Bertz CT molecular complexity index is 862. The van der Waals surface area contributed by atoms with E-state index in [-0.39, 0.29) is 19.0 Å². The van der Waals surface area contributed by atoms with Gasteiger partial charge >= 0.3 is 6.03 Å². The fraction of sp³-hybridized carbons (Fsp3) is 0.100. The predicted molar refractivity (Wildman–Crippen MR) is 101 cm³/mol. The van der Waals surface area contributed by atoms with Gasteiger partial charge in [-0.05, 0) is 48.5 Å². The van der Waals surface area contributed by atoms with Gasteiger partial charge in [-0.2, -0.15) is 0 Å². The molecule has 0 saturated heterocycles. The van der Waals surface area contributed by atoms with E-state index in [2.05, 4.69) is 16.0 Å². The first-order chi connectivity index (χ1) is 13.2. The van der Waals surface area contributed by atoms with Gasteiger partial charge in [-0.1, -0.05) is 18.2 Å². The molecule has 0 fully saturated rings. The molecule has 27 heavy (non-hydrogen) atoms. The zero-order valence-electron chi connectivity index (χ0n) is 14.5. The van der Waals surface area contributed by atoms with Crippen molar-refractivity contribution < 1.29 is 18.7 Å². The van der Waals surface area contributed by atoms with Crippen LogP contribution in [0.5, 0.6) is 11.5 Å². The van der Waals surface area contributed by atoms with Crippen molar-refractivity contribution in [2.75, 3.05) is 11.9 Å². The fourth-order valence-corrected chi connectivity index (χ4v) is 2.23. The van der Waals surface area contributed by atoms with Gasteiger partial charge in [-0.15, -0.1) is 0 Å². The van der Waals surface area contributed by atoms with E-state index >= 15 is 0 Å². The van der Waals surface area contributed by atoms with Crippen LogP contribution in [0.2, 0.25) is 0 Å². The Morgan fingerprint density at radius 2 is 1.59 bits per heavy atom. The van der Waals surface area contributed by atoms with Gasteiger partial charge in [0, 0.05) is 5.69 Å². The topological polar surface area (TPSA) is 92.6 Å². The number of benzene rings is 2. The number of hydrogen-bond donors (Lipinski definition) is 3. The Kier molecular flexibility index (Phi) is 6.08. The van der Waals surface area contributed by atoms with Gasteiger partial charge in [-0.3, -0.25) is 4.79 Å². The third-order valence-corrected chi connectivity index (χ3v) is 3.54. The molecule has 1 heterocycles. The number of nitrogens with one attached hydrogen (secondary N) is 3. The maximum absolute atomic E-state index is 11.9. The van der Waals surface area contributed by atoms with Crippen molar-refractivity contribution >= 4 is 17.6 Å². The van der Waals surface area contributed by atoms with Gasteiger partial charge in [0.1, 0.15) is 17.3 Å². The second kappa shape index (κ2) is 9.10. The van der Waals surface area contributed by atoms with Crippen molar-refractivity contribution in [1.29, 1.82) is 0 Å². The molecule has 0 radical (unpaired) electrons. The summed E-state index contributed by atoms with van der Waals surface area (Å²) in [6.45, 7) is 0.139. The highest BCUT2D eigenvalue weighted by atomic mass is 16.5. The number of para-hydroxylation sites is 1. The van der Waals surface area contributed by atoms with E-state index < -0.39 is 6.03 Å². The van der Waals surface area contributed by atoms with Crippen molar-refractivity contribution in [1.82, 2.24) is 10.6 Å². The van der Waals surface area contributed by atoms with Crippen LogP contribution in [0, 0.1) is 0 Å². The quantitative estimate of drug-likeness (QED) is 0.597. The summed E-state index contributed by atoms with van der Waals surface area (Å²) < 4.78 is 10.8. The lowest BCUT2D eigenvalue weighted by Gasteiger charge is -2.09. The Labute approximate surface area is 156 Å². The van der Waals surface area contributed by atoms with Gasteiger partial charge in [0.15, 0.2) is 0 Å². The summed E-state index contributed by atoms with van der Waals surface area (Å²) in [6, 6.07) is 19.4. The van der Waals surface area contributed by atoms with Crippen molar-refractivity contribution in [3.8, 4) is 11.5 Å². The average Bonchev–Trinajstić information content (AvgIpc) is 3.21. The van der Waals surface area contributed by atoms with E-state index in [4.69, 9.17) is 9.15 Å². The Balaban J connectivity index is 1.40. The lowest BCUT2D eigenvalue weighted by atomic mass is 10.3. The van der Waals surface area contributed by atoms with Crippen LogP contribution in [0.3, 0.4) is 0 Å². The van der Waals surface area contributed by atoms with Gasteiger partial charge < -0.3 is 25.1 Å². The Morgan fingerprint density at radius 3 is 2.30 bits per heavy atom. The summed E-state index contributed by atoms with van der Waals surface area (Å²) in [5, 5.41) is 7.79. The predicted octanol–water partition coefficient (Wildman–Crippen LogP) is 3.51. The normalized spacial score (nSPS) is 10.1. The molecule has 2 aromatic carbocycles. The van der Waals surface area contributed by atoms with E-state index in [1.807, 2.05) is 30.3 Å². The molecular weight excluding hydrogens is 346 g/mol. The monoisotopic (exact) mass is 365 g/mol. The van der Waals surface area contributed by atoms with E-state index in [9.17, 15) is 9.59 Å². The smallest absolute Gasteiger partial charge is 0.319 e. The summed E-state index contributed by atoms with van der Waals surface area (Å²) in [4.78, 5) is 23.6. The van der Waals surface area contributed by atoms with Crippen molar-refractivity contribution in [2.45, 2.75) is 6.54 Å². The largest absolute Gasteiger partial charge is 0.467 e. The molecule has 0 aliphatic heterocycles. The summed E-state index contributed by atoms with van der Waals surface area (Å²) in [7, 11) is 0. The molecule has 138 valence electrons. The van der Waals surface area contributed by atoms with Crippen molar-refractivity contribution in [3.05, 3.63) is 78.8 Å². The lowest BCUT2D eigenvalue weighted by Crippen LogP contribution is -2.38. The number of carbonyl (C=O) groups is 2. The first kappa shape index (κ1) is 18.1. The standard InChI is InChI=1S/C20H19N3O4/c24-19(21-13-18-7-4-12-26-18)14-22-20(25)23-15-8-10-17(11-9-15)27-16-5-2-1-3-6-16/h1-12H,13-14H2,(H,21,24)(H2,22,23,25). The number of amides is 3. The first-order valence-corrected chi connectivity index (χ1v) is 8.36. The number of furan rings is 1. The molecule has 0 saturated carbocycles. The third-order valence-electron chi connectivity index (χ3n) is 3.54. The number of carbonyl (C=O) groups excluding carboxylic acids is 2. The molecule has 0 bridgehead atoms. The highest BCUT2D eigenvalue weighted by Crippen LogP contribution is 2.22. The molecule has 0 spiro atoms. The Hall–Kier alpha value is -3.74. The molecule has 7 nitrogen and oxygen atoms in total. The zero-order chi connectivity index (χ0) is 18.9. The van der Waals surface area contributed by atoms with Gasteiger partial charge in [0.25, 0.3) is 0 Å². The molecule has 3 rings (SSSR count). The minimum absolute atomic E-state index is 0.137. The second-order valence-corrected chi connectivity index (χ2v) is 5.60. The average molecular weight is 365 g/mol. The second-order valence-electron chi connectivity index (χ2n) is 5.60. The minimum Gasteiger partial charge on any atom is -0.467 e. The number of ether oxygens (including phenoxy) is 1. The SMILES string of the molecule is O=C(CNC(=O)Nc1ccc(Oc2ccccc2)cc1)NCc1ccco1. The Morgan fingerprint density at radius 1 is 0.852 bits per heavy atom. The van der Waals surface area contributed by atoms with Gasteiger partial charge in [0.05, 0.1) is 19.4 Å². The van der Waals surface area contributed by atoms with Crippen molar-refractivity contribution in [3.63, 3.8) is 0 Å². The molecular formula is C20H19N3O4. The maximum atomic E-state index is 11.9. The summed E-state index contributed by atoms with van der Waals surface area (Å²) in [6.07, 6.45) is 1.53. The fourth-order valence-electron chi connectivity index (χ4n) is 2.23. The first-order valence-electron chi connectivity index (χ1n) is 8.36. The van der Waals surface area contributed by atoms with E-state index in [0.717, 1.165) is 5.75 Å². The molecule has 3 N–H and O–H groups in total. The number of anilines is 1. The minimum atomic E-state index is -0.472. The molecule has 3 aromatic rings. The van der Waals surface area contributed by atoms with Crippen LogP contribution in [0.4, 0.5) is 10.5 Å². The van der Waals surface area contributed by atoms with Crippen LogP contribution in [0.25, 0.3) is 0 Å². The van der Waals surface area contributed by atoms with E-state index in [1.54, 1.807) is 36.4 Å². The van der Waals surface area contributed by atoms with E-state index in [1.165, 1.54) is 6.26 Å². The van der Waals surface area contributed by atoms with Crippen LogP contribution >= 0.6 is 0 Å². The van der Waals surface area contributed by atoms with Crippen LogP contribution in [0.1, 0.15) is 5.76 Å². The molecule has 1 aromatic heterocycles.